The first kappa shape index (κ1) is 17.1. The normalized spacial score (nSPS) is 10.7. The van der Waals surface area contributed by atoms with Gasteiger partial charge in [-0.1, -0.05) is 53.2 Å². The first-order valence-corrected chi connectivity index (χ1v) is 8.64. The van der Waals surface area contributed by atoms with Gasteiger partial charge in [-0.25, -0.2) is 4.68 Å². The maximum Gasteiger partial charge on any atom is 0.295 e. The Bertz CT molecular complexity index is 1100. The predicted molar refractivity (Wildman–Crippen MR) is 103 cm³/mol. The number of carbonyl (C=O) groups excluding carboxylic acids is 1. The number of halogens is 1. The molecule has 0 atom stereocenters. The smallest absolute Gasteiger partial charge is 0.295 e. The maximum absolute atomic E-state index is 12.6. The molecule has 134 valence electrons. The average molecular weight is 379 g/mol. The zero-order chi connectivity index (χ0) is 18.8. The number of nitrogens with zero attached hydrogens (tertiary/aromatic N) is 3. The second kappa shape index (κ2) is 7.09. The van der Waals surface area contributed by atoms with Crippen LogP contribution in [0, 0.1) is 6.92 Å². The lowest BCUT2D eigenvalue weighted by molar-refractivity contribution is 0.0987. The van der Waals surface area contributed by atoms with Crippen molar-refractivity contribution in [3.8, 4) is 16.9 Å². The van der Waals surface area contributed by atoms with E-state index in [1.165, 1.54) is 0 Å². The van der Waals surface area contributed by atoms with Gasteiger partial charge in [0.05, 0.1) is 11.4 Å². The number of nitrogens with one attached hydrogen (secondary N) is 1. The number of anilines is 1. The SMILES string of the molecule is Cc1cc(NC(=O)c2cc(-c3ccccc3)no2)n(-c2cccc(Cl)c2)n1. The predicted octanol–water partition coefficient (Wildman–Crippen LogP) is 4.74. The number of hydrogen-bond donors (Lipinski definition) is 1. The number of rotatable bonds is 4. The van der Waals surface area contributed by atoms with E-state index in [4.69, 9.17) is 16.1 Å². The molecule has 0 fully saturated rings. The van der Waals surface area contributed by atoms with E-state index in [0.717, 1.165) is 16.9 Å². The summed E-state index contributed by atoms with van der Waals surface area (Å²) in [6.07, 6.45) is 0. The minimum atomic E-state index is -0.409. The highest BCUT2D eigenvalue weighted by Crippen LogP contribution is 2.22. The van der Waals surface area contributed by atoms with Crippen LogP contribution in [-0.2, 0) is 0 Å². The molecule has 0 aliphatic carbocycles. The van der Waals surface area contributed by atoms with Crippen LogP contribution in [0.3, 0.4) is 0 Å². The topological polar surface area (TPSA) is 73.0 Å². The zero-order valence-corrected chi connectivity index (χ0v) is 15.1. The summed E-state index contributed by atoms with van der Waals surface area (Å²) in [6, 6.07) is 20.1. The largest absolute Gasteiger partial charge is 0.350 e. The van der Waals surface area contributed by atoms with Gasteiger partial charge in [0.1, 0.15) is 11.5 Å². The van der Waals surface area contributed by atoms with Crippen molar-refractivity contribution >= 4 is 23.3 Å². The molecule has 0 spiro atoms. The lowest BCUT2D eigenvalue weighted by atomic mass is 10.1. The van der Waals surface area contributed by atoms with E-state index in [-0.39, 0.29) is 5.76 Å². The van der Waals surface area contributed by atoms with Gasteiger partial charge >= 0.3 is 0 Å². The minimum absolute atomic E-state index is 0.116. The summed E-state index contributed by atoms with van der Waals surface area (Å²) in [4.78, 5) is 12.6. The highest BCUT2D eigenvalue weighted by molar-refractivity contribution is 6.30. The molecule has 0 aliphatic heterocycles. The van der Waals surface area contributed by atoms with Gasteiger partial charge in [0.25, 0.3) is 5.91 Å². The molecule has 0 saturated heterocycles. The molecule has 0 aliphatic rings. The second-order valence-electron chi connectivity index (χ2n) is 5.96. The number of aryl methyl sites for hydroxylation is 1. The van der Waals surface area contributed by atoms with Crippen LogP contribution in [0.25, 0.3) is 16.9 Å². The first-order chi connectivity index (χ1) is 13.1. The van der Waals surface area contributed by atoms with E-state index in [1.54, 1.807) is 28.9 Å². The fourth-order valence-corrected chi connectivity index (χ4v) is 2.88. The summed E-state index contributed by atoms with van der Waals surface area (Å²) < 4.78 is 6.83. The van der Waals surface area contributed by atoms with Crippen molar-refractivity contribution in [1.82, 2.24) is 14.9 Å². The molecule has 2 heterocycles. The highest BCUT2D eigenvalue weighted by atomic mass is 35.5. The Balaban J connectivity index is 1.60. The van der Waals surface area contributed by atoms with E-state index in [9.17, 15) is 4.79 Å². The Morgan fingerprint density at radius 3 is 2.67 bits per heavy atom. The fourth-order valence-electron chi connectivity index (χ4n) is 2.70. The molecule has 4 aromatic rings. The van der Waals surface area contributed by atoms with Crippen molar-refractivity contribution in [2.24, 2.45) is 0 Å². The van der Waals surface area contributed by atoms with Crippen molar-refractivity contribution in [3.05, 3.63) is 83.2 Å². The van der Waals surface area contributed by atoms with Gasteiger partial charge in [0, 0.05) is 22.7 Å². The molecule has 0 unspecified atom stereocenters. The number of amides is 1. The number of carbonyl (C=O) groups is 1. The van der Waals surface area contributed by atoms with Crippen LogP contribution in [0.2, 0.25) is 5.02 Å². The van der Waals surface area contributed by atoms with E-state index in [2.05, 4.69) is 15.6 Å². The van der Waals surface area contributed by atoms with Gasteiger partial charge in [0.2, 0.25) is 5.76 Å². The summed E-state index contributed by atoms with van der Waals surface area (Å²) in [5.74, 6) is 0.218. The Morgan fingerprint density at radius 2 is 1.89 bits per heavy atom. The van der Waals surface area contributed by atoms with Crippen LogP contribution in [0.1, 0.15) is 16.2 Å². The lowest BCUT2D eigenvalue weighted by Gasteiger charge is -2.08. The van der Waals surface area contributed by atoms with Crippen molar-refractivity contribution < 1.29 is 9.32 Å². The van der Waals surface area contributed by atoms with E-state index < -0.39 is 5.91 Å². The molecule has 1 amide bonds. The molecule has 0 radical (unpaired) electrons. The molecule has 0 saturated carbocycles. The quantitative estimate of drug-likeness (QED) is 0.556. The molecule has 7 heteroatoms. The first-order valence-electron chi connectivity index (χ1n) is 8.26. The maximum atomic E-state index is 12.6. The lowest BCUT2D eigenvalue weighted by Crippen LogP contribution is -2.14. The standard InChI is InChI=1S/C20H15ClN4O2/c1-13-10-19(25(23-13)16-9-5-8-15(21)11-16)22-20(26)18-12-17(24-27-18)14-6-3-2-4-7-14/h2-12H,1H3,(H,22,26). The molecule has 6 nitrogen and oxygen atoms in total. The number of aromatic nitrogens is 3. The summed E-state index contributed by atoms with van der Waals surface area (Å²) >= 11 is 6.06. The van der Waals surface area contributed by atoms with Gasteiger partial charge < -0.3 is 9.84 Å². The van der Waals surface area contributed by atoms with Crippen molar-refractivity contribution in [3.63, 3.8) is 0 Å². The Morgan fingerprint density at radius 1 is 1.07 bits per heavy atom. The summed E-state index contributed by atoms with van der Waals surface area (Å²) in [5, 5.41) is 11.8. The zero-order valence-electron chi connectivity index (χ0n) is 14.4. The molecular formula is C20H15ClN4O2. The molecule has 2 aromatic heterocycles. The van der Waals surface area contributed by atoms with Gasteiger partial charge in [0.15, 0.2) is 0 Å². The van der Waals surface area contributed by atoms with Gasteiger partial charge in [-0.15, -0.1) is 0 Å². The van der Waals surface area contributed by atoms with Crippen LogP contribution in [0.5, 0.6) is 0 Å². The minimum Gasteiger partial charge on any atom is -0.350 e. The van der Waals surface area contributed by atoms with Crippen LogP contribution in [0.15, 0.2) is 71.3 Å². The summed E-state index contributed by atoms with van der Waals surface area (Å²) in [6.45, 7) is 1.85. The number of benzene rings is 2. The third-order valence-electron chi connectivity index (χ3n) is 3.93. The fraction of sp³-hybridized carbons (Fsp3) is 0.0500. The monoisotopic (exact) mass is 378 g/mol. The van der Waals surface area contributed by atoms with Crippen molar-refractivity contribution in [1.29, 1.82) is 0 Å². The van der Waals surface area contributed by atoms with E-state index >= 15 is 0 Å². The summed E-state index contributed by atoms with van der Waals surface area (Å²) in [5.41, 5.74) is 2.97. The van der Waals surface area contributed by atoms with Crippen LogP contribution in [0.4, 0.5) is 5.82 Å². The number of hydrogen-bond acceptors (Lipinski definition) is 4. The van der Waals surface area contributed by atoms with Crippen LogP contribution in [-0.4, -0.2) is 20.8 Å². The molecule has 27 heavy (non-hydrogen) atoms. The highest BCUT2D eigenvalue weighted by Gasteiger charge is 2.17. The van der Waals surface area contributed by atoms with Crippen molar-refractivity contribution in [2.45, 2.75) is 6.92 Å². The second-order valence-corrected chi connectivity index (χ2v) is 6.40. The Labute approximate surface area is 160 Å². The van der Waals surface area contributed by atoms with E-state index in [1.807, 2.05) is 49.4 Å². The van der Waals surface area contributed by atoms with Crippen LogP contribution >= 0.6 is 11.6 Å². The average Bonchev–Trinajstić information content (AvgIpc) is 3.29. The third kappa shape index (κ3) is 3.61. The molecule has 4 rings (SSSR count). The molecule has 0 bridgehead atoms. The van der Waals surface area contributed by atoms with Crippen LogP contribution < -0.4 is 5.32 Å². The summed E-state index contributed by atoms with van der Waals surface area (Å²) in [7, 11) is 0. The van der Waals surface area contributed by atoms with Gasteiger partial charge in [-0.05, 0) is 25.1 Å². The van der Waals surface area contributed by atoms with Gasteiger partial charge in [-0.3, -0.25) is 4.79 Å². The Hall–Kier alpha value is -3.38. The molecule has 1 N–H and O–H groups in total. The molecular weight excluding hydrogens is 364 g/mol. The molecule has 2 aromatic carbocycles. The third-order valence-corrected chi connectivity index (χ3v) is 4.16. The van der Waals surface area contributed by atoms with Gasteiger partial charge in [-0.2, -0.15) is 5.10 Å². The van der Waals surface area contributed by atoms with Crippen molar-refractivity contribution in [2.75, 3.05) is 5.32 Å². The van der Waals surface area contributed by atoms with E-state index in [0.29, 0.717) is 16.5 Å². The Kier molecular flexibility index (Phi) is 4.48.